The lowest BCUT2D eigenvalue weighted by atomic mass is 10.1. The summed E-state index contributed by atoms with van der Waals surface area (Å²) in [4.78, 5) is 5.27. The van der Waals surface area contributed by atoms with Gasteiger partial charge < -0.3 is 5.32 Å². The van der Waals surface area contributed by atoms with Crippen molar-refractivity contribution in [3.63, 3.8) is 0 Å². The van der Waals surface area contributed by atoms with Crippen LogP contribution in [0.1, 0.15) is 30.3 Å². The van der Waals surface area contributed by atoms with Gasteiger partial charge in [0, 0.05) is 63.1 Å². The third kappa shape index (κ3) is 4.60. The van der Waals surface area contributed by atoms with E-state index >= 15 is 0 Å². The molecule has 1 aromatic rings. The Balaban J connectivity index is 0.00000132. The van der Waals surface area contributed by atoms with Gasteiger partial charge in [-0.1, -0.05) is 0 Å². The van der Waals surface area contributed by atoms with Gasteiger partial charge >= 0.3 is 0 Å². The standard InChI is InChI=1S/C16H29N5.2ClH/c1-4-21-14(3)16(13(2)18-21)12-19-7-9-20(10-8-19)15-5-6-17-11-15;;/h15,17H,4-12H2,1-3H3;2*1H. The van der Waals surface area contributed by atoms with Gasteiger partial charge in [-0.15, -0.1) is 24.8 Å². The molecule has 0 bridgehead atoms. The fourth-order valence-corrected chi connectivity index (χ4v) is 3.73. The number of nitrogens with zero attached hydrogens (tertiary/aromatic N) is 4. The Bertz CT molecular complexity index is 477. The number of aryl methyl sites for hydroxylation is 2. The van der Waals surface area contributed by atoms with Crippen molar-refractivity contribution < 1.29 is 0 Å². The van der Waals surface area contributed by atoms with Crippen molar-refractivity contribution >= 4 is 24.8 Å². The Morgan fingerprint density at radius 1 is 1.13 bits per heavy atom. The molecule has 0 saturated carbocycles. The highest BCUT2D eigenvalue weighted by Gasteiger charge is 2.26. The summed E-state index contributed by atoms with van der Waals surface area (Å²) in [5.41, 5.74) is 3.99. The van der Waals surface area contributed by atoms with E-state index in [4.69, 9.17) is 0 Å². The highest BCUT2D eigenvalue weighted by atomic mass is 35.5. The van der Waals surface area contributed by atoms with Crippen LogP contribution in [0.3, 0.4) is 0 Å². The van der Waals surface area contributed by atoms with Gasteiger partial charge in [0.15, 0.2) is 0 Å². The molecule has 0 amide bonds. The van der Waals surface area contributed by atoms with Gasteiger partial charge in [-0.2, -0.15) is 5.10 Å². The molecule has 1 unspecified atom stereocenters. The molecule has 3 heterocycles. The lowest BCUT2D eigenvalue weighted by Crippen LogP contribution is -2.50. The van der Waals surface area contributed by atoms with E-state index in [1.807, 2.05) is 0 Å². The van der Waals surface area contributed by atoms with Crippen LogP contribution in [-0.4, -0.2) is 64.9 Å². The van der Waals surface area contributed by atoms with E-state index in [9.17, 15) is 0 Å². The first-order valence-electron chi connectivity index (χ1n) is 8.39. The predicted octanol–water partition coefficient (Wildman–Crippen LogP) is 1.84. The van der Waals surface area contributed by atoms with Gasteiger partial charge in [-0.05, 0) is 33.7 Å². The number of rotatable bonds is 4. The van der Waals surface area contributed by atoms with Crippen molar-refractivity contribution in [2.75, 3.05) is 39.3 Å². The molecule has 1 N–H and O–H groups in total. The second kappa shape index (κ2) is 9.23. The minimum absolute atomic E-state index is 0. The van der Waals surface area contributed by atoms with Crippen molar-refractivity contribution in [1.29, 1.82) is 0 Å². The van der Waals surface area contributed by atoms with Crippen LogP contribution in [0.4, 0.5) is 0 Å². The average molecular weight is 364 g/mol. The summed E-state index contributed by atoms with van der Waals surface area (Å²) in [7, 11) is 0. The SMILES string of the molecule is CCn1nc(C)c(CN2CCN(C3CCNC3)CC2)c1C.Cl.Cl. The van der Waals surface area contributed by atoms with Crippen LogP contribution >= 0.6 is 24.8 Å². The Labute approximate surface area is 152 Å². The third-order valence-electron chi connectivity index (χ3n) is 5.17. The Morgan fingerprint density at radius 3 is 2.35 bits per heavy atom. The van der Waals surface area contributed by atoms with E-state index in [2.05, 4.69) is 45.7 Å². The molecule has 23 heavy (non-hydrogen) atoms. The Morgan fingerprint density at radius 2 is 1.83 bits per heavy atom. The van der Waals surface area contributed by atoms with E-state index < -0.39 is 0 Å². The van der Waals surface area contributed by atoms with Crippen LogP contribution in [0.15, 0.2) is 0 Å². The molecule has 0 radical (unpaired) electrons. The van der Waals surface area contributed by atoms with Crippen LogP contribution in [0.2, 0.25) is 0 Å². The number of hydrogen-bond acceptors (Lipinski definition) is 4. The first-order chi connectivity index (χ1) is 10.2. The van der Waals surface area contributed by atoms with Crippen LogP contribution in [0.5, 0.6) is 0 Å². The lowest BCUT2D eigenvalue weighted by Gasteiger charge is -2.37. The fourth-order valence-electron chi connectivity index (χ4n) is 3.73. The van der Waals surface area contributed by atoms with E-state index in [0.29, 0.717) is 0 Å². The van der Waals surface area contributed by atoms with Crippen LogP contribution in [0.25, 0.3) is 0 Å². The summed E-state index contributed by atoms with van der Waals surface area (Å²) >= 11 is 0. The molecule has 0 aliphatic carbocycles. The van der Waals surface area contributed by atoms with Crippen molar-refractivity contribution in [3.05, 3.63) is 17.0 Å². The van der Waals surface area contributed by atoms with Crippen molar-refractivity contribution in [2.24, 2.45) is 0 Å². The second-order valence-electron chi connectivity index (χ2n) is 6.42. The van der Waals surface area contributed by atoms with Crippen LogP contribution in [0, 0.1) is 13.8 Å². The summed E-state index contributed by atoms with van der Waals surface area (Å²) in [6, 6.07) is 0.776. The van der Waals surface area contributed by atoms with Gasteiger partial charge in [0.05, 0.1) is 5.69 Å². The molecule has 2 aliphatic heterocycles. The number of aromatic nitrogens is 2. The Hall–Kier alpha value is -0.330. The molecule has 2 saturated heterocycles. The van der Waals surface area contributed by atoms with Gasteiger partial charge in [-0.3, -0.25) is 14.5 Å². The van der Waals surface area contributed by atoms with Crippen LogP contribution < -0.4 is 5.32 Å². The number of hydrogen-bond donors (Lipinski definition) is 1. The molecule has 2 fully saturated rings. The average Bonchev–Trinajstić information content (AvgIpc) is 3.12. The maximum absolute atomic E-state index is 4.64. The zero-order valence-corrected chi connectivity index (χ0v) is 16.2. The molecule has 2 aliphatic rings. The molecule has 0 spiro atoms. The summed E-state index contributed by atoms with van der Waals surface area (Å²) in [6.45, 7) is 15.7. The zero-order valence-electron chi connectivity index (χ0n) is 14.5. The maximum atomic E-state index is 4.64. The number of piperazine rings is 1. The summed E-state index contributed by atoms with van der Waals surface area (Å²) in [5.74, 6) is 0. The largest absolute Gasteiger partial charge is 0.315 e. The van der Waals surface area contributed by atoms with Crippen molar-refractivity contribution in [2.45, 2.75) is 46.3 Å². The fraction of sp³-hybridized carbons (Fsp3) is 0.812. The first-order valence-corrected chi connectivity index (χ1v) is 8.39. The quantitative estimate of drug-likeness (QED) is 0.885. The first kappa shape index (κ1) is 20.7. The lowest BCUT2D eigenvalue weighted by molar-refractivity contribution is 0.0979. The van der Waals surface area contributed by atoms with Gasteiger partial charge in [-0.25, -0.2) is 0 Å². The van der Waals surface area contributed by atoms with E-state index in [-0.39, 0.29) is 24.8 Å². The van der Waals surface area contributed by atoms with E-state index in [0.717, 1.165) is 19.1 Å². The predicted molar refractivity (Wildman–Crippen MR) is 100.0 cm³/mol. The topological polar surface area (TPSA) is 36.3 Å². The summed E-state index contributed by atoms with van der Waals surface area (Å²) in [5, 5.41) is 8.12. The summed E-state index contributed by atoms with van der Waals surface area (Å²) in [6.07, 6.45) is 1.32. The third-order valence-corrected chi connectivity index (χ3v) is 5.17. The maximum Gasteiger partial charge on any atom is 0.0641 e. The molecule has 1 aromatic heterocycles. The summed E-state index contributed by atoms with van der Waals surface area (Å²) < 4.78 is 2.13. The second-order valence-corrected chi connectivity index (χ2v) is 6.42. The van der Waals surface area contributed by atoms with Crippen molar-refractivity contribution in [1.82, 2.24) is 24.9 Å². The minimum atomic E-state index is 0. The van der Waals surface area contributed by atoms with E-state index in [1.165, 1.54) is 62.6 Å². The number of nitrogens with one attached hydrogen (secondary N) is 1. The smallest absolute Gasteiger partial charge is 0.0641 e. The highest BCUT2D eigenvalue weighted by Crippen LogP contribution is 2.18. The minimum Gasteiger partial charge on any atom is -0.315 e. The van der Waals surface area contributed by atoms with Gasteiger partial charge in [0.25, 0.3) is 0 Å². The molecule has 1 atom stereocenters. The molecule has 5 nitrogen and oxygen atoms in total. The number of halogens is 2. The zero-order chi connectivity index (χ0) is 14.8. The molecule has 134 valence electrons. The molecular weight excluding hydrogens is 333 g/mol. The molecular formula is C16H31Cl2N5. The monoisotopic (exact) mass is 363 g/mol. The normalized spacial score (nSPS) is 22.7. The van der Waals surface area contributed by atoms with Crippen molar-refractivity contribution in [3.8, 4) is 0 Å². The van der Waals surface area contributed by atoms with E-state index in [1.54, 1.807) is 0 Å². The Kier molecular flexibility index (Phi) is 8.31. The molecule has 0 aromatic carbocycles. The molecule has 3 rings (SSSR count). The van der Waals surface area contributed by atoms with Gasteiger partial charge in [0.1, 0.15) is 0 Å². The van der Waals surface area contributed by atoms with Crippen LogP contribution in [-0.2, 0) is 13.1 Å². The molecule has 7 heteroatoms. The van der Waals surface area contributed by atoms with Gasteiger partial charge in [0.2, 0.25) is 0 Å². The highest BCUT2D eigenvalue weighted by molar-refractivity contribution is 5.85.